The zero-order chi connectivity index (χ0) is 10.6. The van der Waals surface area contributed by atoms with Crippen molar-refractivity contribution in [2.24, 2.45) is 5.92 Å². The van der Waals surface area contributed by atoms with Gasteiger partial charge in [-0.1, -0.05) is 6.92 Å². The number of methoxy groups -OCH3 is 1. The third-order valence-electron chi connectivity index (χ3n) is 2.94. The Kier molecular flexibility index (Phi) is 4.08. The molecular formula is C11H20O3. The first-order valence-electron chi connectivity index (χ1n) is 5.27. The Morgan fingerprint density at radius 1 is 1.64 bits per heavy atom. The van der Waals surface area contributed by atoms with Gasteiger partial charge in [0.25, 0.3) is 0 Å². The maximum atomic E-state index is 12.0. The molecule has 1 rings (SSSR count). The molecule has 2 atom stereocenters. The zero-order valence-corrected chi connectivity index (χ0v) is 9.34. The van der Waals surface area contributed by atoms with Gasteiger partial charge in [-0.05, 0) is 26.2 Å². The number of carbonyl (C=O) groups is 1. The minimum atomic E-state index is -0.521. The van der Waals surface area contributed by atoms with E-state index in [-0.39, 0.29) is 11.7 Å². The van der Waals surface area contributed by atoms with Crippen LogP contribution < -0.4 is 0 Å². The van der Waals surface area contributed by atoms with Crippen molar-refractivity contribution in [2.45, 2.75) is 38.7 Å². The van der Waals surface area contributed by atoms with Gasteiger partial charge in [-0.25, -0.2) is 0 Å². The molecule has 0 amide bonds. The fraction of sp³-hybridized carbons (Fsp3) is 0.909. The van der Waals surface area contributed by atoms with E-state index in [9.17, 15) is 4.79 Å². The lowest BCUT2D eigenvalue weighted by atomic mass is 9.87. The highest BCUT2D eigenvalue weighted by molar-refractivity contribution is 5.89. The third kappa shape index (κ3) is 2.55. The summed E-state index contributed by atoms with van der Waals surface area (Å²) < 4.78 is 10.5. The van der Waals surface area contributed by atoms with Crippen molar-refractivity contribution in [1.82, 2.24) is 0 Å². The molecule has 1 heterocycles. The highest BCUT2D eigenvalue weighted by atomic mass is 16.5. The molecule has 1 fully saturated rings. The van der Waals surface area contributed by atoms with Crippen LogP contribution in [0.1, 0.15) is 33.1 Å². The Balaban J connectivity index is 2.46. The van der Waals surface area contributed by atoms with Crippen LogP contribution in [0.2, 0.25) is 0 Å². The number of rotatable bonds is 5. The summed E-state index contributed by atoms with van der Waals surface area (Å²) in [6, 6.07) is 0. The van der Waals surface area contributed by atoms with E-state index in [0.717, 1.165) is 25.9 Å². The average molecular weight is 200 g/mol. The Labute approximate surface area is 85.8 Å². The first-order valence-corrected chi connectivity index (χ1v) is 5.27. The molecule has 1 aliphatic heterocycles. The molecule has 0 N–H and O–H groups in total. The van der Waals surface area contributed by atoms with Crippen molar-refractivity contribution >= 4 is 5.78 Å². The van der Waals surface area contributed by atoms with Gasteiger partial charge in [-0.3, -0.25) is 4.79 Å². The Morgan fingerprint density at radius 2 is 2.36 bits per heavy atom. The normalized spacial score (nSPS) is 29.1. The molecule has 2 unspecified atom stereocenters. The maximum Gasteiger partial charge on any atom is 0.167 e. The van der Waals surface area contributed by atoms with Gasteiger partial charge in [0, 0.05) is 26.2 Å². The van der Waals surface area contributed by atoms with Crippen molar-refractivity contribution < 1.29 is 14.3 Å². The van der Waals surface area contributed by atoms with E-state index in [1.807, 2.05) is 13.8 Å². The molecule has 0 bridgehead atoms. The largest absolute Gasteiger partial charge is 0.385 e. The molecule has 0 aliphatic carbocycles. The molecule has 0 radical (unpaired) electrons. The van der Waals surface area contributed by atoms with Gasteiger partial charge in [0.2, 0.25) is 0 Å². The van der Waals surface area contributed by atoms with E-state index >= 15 is 0 Å². The van der Waals surface area contributed by atoms with E-state index < -0.39 is 5.60 Å². The zero-order valence-electron chi connectivity index (χ0n) is 9.34. The van der Waals surface area contributed by atoms with Crippen LogP contribution in [0.15, 0.2) is 0 Å². The summed E-state index contributed by atoms with van der Waals surface area (Å²) in [5.74, 6) is 0.269. The van der Waals surface area contributed by atoms with Gasteiger partial charge in [-0.15, -0.1) is 0 Å². The van der Waals surface area contributed by atoms with Gasteiger partial charge >= 0.3 is 0 Å². The van der Waals surface area contributed by atoms with Crippen molar-refractivity contribution in [3.8, 4) is 0 Å². The molecule has 3 nitrogen and oxygen atoms in total. The van der Waals surface area contributed by atoms with E-state index in [1.165, 1.54) is 0 Å². The van der Waals surface area contributed by atoms with Crippen molar-refractivity contribution in [3.05, 3.63) is 0 Å². The summed E-state index contributed by atoms with van der Waals surface area (Å²) in [6.07, 6.45) is 2.65. The predicted octanol–water partition coefficient (Wildman–Crippen LogP) is 1.80. The monoisotopic (exact) mass is 200 g/mol. The van der Waals surface area contributed by atoms with Crippen LogP contribution in [-0.2, 0) is 14.3 Å². The minimum Gasteiger partial charge on any atom is -0.385 e. The number of hydrogen-bond donors (Lipinski definition) is 0. The Hall–Kier alpha value is -0.410. The lowest BCUT2D eigenvalue weighted by Gasteiger charge is -2.25. The Morgan fingerprint density at radius 3 is 2.86 bits per heavy atom. The molecule has 3 heteroatoms. The van der Waals surface area contributed by atoms with E-state index in [1.54, 1.807) is 7.11 Å². The van der Waals surface area contributed by atoms with Crippen LogP contribution in [0.5, 0.6) is 0 Å². The second-order valence-corrected chi connectivity index (χ2v) is 4.23. The third-order valence-corrected chi connectivity index (χ3v) is 2.94. The van der Waals surface area contributed by atoms with Crippen LogP contribution in [-0.4, -0.2) is 31.7 Å². The van der Waals surface area contributed by atoms with Gasteiger partial charge in [0.05, 0.1) is 0 Å². The molecule has 82 valence electrons. The first kappa shape index (κ1) is 11.7. The molecule has 14 heavy (non-hydrogen) atoms. The van der Waals surface area contributed by atoms with Gasteiger partial charge in [0.1, 0.15) is 5.60 Å². The smallest absolute Gasteiger partial charge is 0.167 e. The van der Waals surface area contributed by atoms with Crippen molar-refractivity contribution in [1.29, 1.82) is 0 Å². The van der Waals surface area contributed by atoms with E-state index in [0.29, 0.717) is 6.61 Å². The topological polar surface area (TPSA) is 35.5 Å². The minimum absolute atomic E-state index is 0.0399. The lowest BCUT2D eigenvalue weighted by Crippen LogP contribution is -2.38. The van der Waals surface area contributed by atoms with Gasteiger partial charge in [-0.2, -0.15) is 0 Å². The van der Waals surface area contributed by atoms with Crippen LogP contribution >= 0.6 is 0 Å². The molecular weight excluding hydrogens is 180 g/mol. The van der Waals surface area contributed by atoms with Crippen LogP contribution in [0.3, 0.4) is 0 Å². The van der Waals surface area contributed by atoms with E-state index in [4.69, 9.17) is 9.47 Å². The molecule has 0 saturated carbocycles. The van der Waals surface area contributed by atoms with Crippen LogP contribution in [0.4, 0.5) is 0 Å². The van der Waals surface area contributed by atoms with Crippen LogP contribution in [0.25, 0.3) is 0 Å². The fourth-order valence-electron chi connectivity index (χ4n) is 1.92. The summed E-state index contributed by atoms with van der Waals surface area (Å²) in [5, 5.41) is 0. The number of ether oxygens (including phenoxy) is 2. The number of carbonyl (C=O) groups excluding carboxylic acids is 1. The molecule has 1 aliphatic rings. The predicted molar refractivity (Wildman–Crippen MR) is 54.3 cm³/mol. The Bertz CT molecular complexity index is 195. The molecule has 1 saturated heterocycles. The van der Waals surface area contributed by atoms with Gasteiger partial charge in [0.15, 0.2) is 5.78 Å². The van der Waals surface area contributed by atoms with Crippen LogP contribution in [0, 0.1) is 5.92 Å². The molecule has 0 spiro atoms. The molecule has 0 aromatic carbocycles. The second-order valence-electron chi connectivity index (χ2n) is 4.23. The van der Waals surface area contributed by atoms with Crippen molar-refractivity contribution in [3.63, 3.8) is 0 Å². The van der Waals surface area contributed by atoms with Gasteiger partial charge < -0.3 is 9.47 Å². The highest BCUT2D eigenvalue weighted by Crippen LogP contribution is 2.29. The molecule has 0 aromatic heterocycles. The fourth-order valence-corrected chi connectivity index (χ4v) is 1.92. The summed E-state index contributed by atoms with van der Waals surface area (Å²) in [4.78, 5) is 12.0. The summed E-state index contributed by atoms with van der Waals surface area (Å²) in [7, 11) is 1.66. The number of ketones is 1. The second kappa shape index (κ2) is 4.89. The average Bonchev–Trinajstić information content (AvgIpc) is 2.61. The lowest BCUT2D eigenvalue weighted by molar-refractivity contribution is -0.141. The first-order chi connectivity index (χ1) is 6.60. The summed E-state index contributed by atoms with van der Waals surface area (Å²) in [5.41, 5.74) is -0.521. The summed E-state index contributed by atoms with van der Waals surface area (Å²) in [6.45, 7) is 5.22. The number of hydrogen-bond acceptors (Lipinski definition) is 3. The highest BCUT2D eigenvalue weighted by Gasteiger charge is 2.39. The maximum absolute atomic E-state index is 12.0. The standard InChI is InChI=1S/C11H20O3/c1-9(5-8-13-3)10(12)11(2)6-4-7-14-11/h9H,4-8H2,1-3H3. The quantitative estimate of drug-likeness (QED) is 0.678. The SMILES string of the molecule is COCCC(C)C(=O)C1(C)CCCO1. The van der Waals surface area contributed by atoms with E-state index in [2.05, 4.69) is 0 Å². The number of Topliss-reactive ketones (excluding diaryl/α,β-unsaturated/α-hetero) is 1. The van der Waals surface area contributed by atoms with Crippen molar-refractivity contribution in [2.75, 3.05) is 20.3 Å². The summed E-state index contributed by atoms with van der Waals surface area (Å²) >= 11 is 0. The molecule has 0 aromatic rings.